The van der Waals surface area contributed by atoms with Crippen molar-refractivity contribution in [2.24, 2.45) is 0 Å². The second-order valence-electron chi connectivity index (χ2n) is 4.81. The highest BCUT2D eigenvalue weighted by molar-refractivity contribution is 6.04. The average Bonchev–Trinajstić information content (AvgIpc) is 2.76. The lowest BCUT2D eigenvalue weighted by Crippen LogP contribution is -2.20. The van der Waals surface area contributed by atoms with Gasteiger partial charge in [0, 0.05) is 11.3 Å². The summed E-state index contributed by atoms with van der Waals surface area (Å²) in [6.07, 6.45) is 0. The van der Waals surface area contributed by atoms with Gasteiger partial charge in [-0.25, -0.2) is 0 Å². The Kier molecular flexibility index (Phi) is 2.88. The van der Waals surface area contributed by atoms with E-state index in [2.05, 4.69) is 16.7 Å². The van der Waals surface area contributed by atoms with Crippen LogP contribution in [0.15, 0.2) is 42.5 Å². The average molecular weight is 263 g/mol. The summed E-state index contributed by atoms with van der Waals surface area (Å²) in [6, 6.07) is 14.7. The smallest absolute Gasteiger partial charge is 0.251 e. The predicted octanol–water partition coefficient (Wildman–Crippen LogP) is 2.97. The first-order chi connectivity index (χ1) is 9.69. The minimum absolute atomic E-state index is 0.0988. The molecular weight excluding hydrogens is 250 g/mol. The topological polar surface area (TPSA) is 64.9 Å². The fourth-order valence-electron chi connectivity index (χ4n) is 2.39. The van der Waals surface area contributed by atoms with Crippen molar-refractivity contribution in [3.63, 3.8) is 0 Å². The van der Waals surface area contributed by atoms with E-state index in [1.54, 1.807) is 18.2 Å². The number of nitriles is 1. The van der Waals surface area contributed by atoms with Crippen LogP contribution in [0.4, 0.5) is 11.4 Å². The summed E-state index contributed by atoms with van der Waals surface area (Å²) < 4.78 is 0. The maximum Gasteiger partial charge on any atom is 0.251 e. The van der Waals surface area contributed by atoms with Crippen LogP contribution >= 0.6 is 0 Å². The number of amides is 1. The van der Waals surface area contributed by atoms with Gasteiger partial charge < -0.3 is 10.6 Å². The van der Waals surface area contributed by atoms with Crippen LogP contribution in [-0.4, -0.2) is 5.91 Å². The molecule has 0 bridgehead atoms. The van der Waals surface area contributed by atoms with Crippen molar-refractivity contribution in [3.05, 3.63) is 59.2 Å². The molecule has 0 fully saturated rings. The van der Waals surface area contributed by atoms with Gasteiger partial charge in [-0.3, -0.25) is 4.79 Å². The third-order valence-electron chi connectivity index (χ3n) is 3.39. The molecule has 1 unspecified atom stereocenters. The van der Waals surface area contributed by atoms with Crippen LogP contribution < -0.4 is 10.6 Å². The molecule has 1 aliphatic heterocycles. The highest BCUT2D eigenvalue weighted by Gasteiger charge is 2.30. The summed E-state index contributed by atoms with van der Waals surface area (Å²) in [5, 5.41) is 15.1. The van der Waals surface area contributed by atoms with Crippen molar-refractivity contribution in [2.45, 2.75) is 13.0 Å². The molecule has 1 amide bonds. The van der Waals surface area contributed by atoms with Gasteiger partial charge in [-0.05, 0) is 25.1 Å². The molecule has 0 saturated carbocycles. The van der Waals surface area contributed by atoms with E-state index in [0.29, 0.717) is 11.3 Å². The van der Waals surface area contributed by atoms with E-state index in [1.807, 2.05) is 31.2 Å². The minimum Gasteiger partial charge on any atom is -0.369 e. The number of nitrogens with zero attached hydrogens (tertiary/aromatic N) is 1. The molecule has 1 atom stereocenters. The molecule has 0 saturated heterocycles. The van der Waals surface area contributed by atoms with E-state index >= 15 is 0 Å². The van der Waals surface area contributed by atoms with Crippen molar-refractivity contribution in [1.29, 1.82) is 5.26 Å². The summed E-state index contributed by atoms with van der Waals surface area (Å²) in [7, 11) is 0. The standard InChI is InChI=1S/C16H13N3O/c1-10-6-7-14-12(8-10)15(16(20)19-14)18-13-5-3-2-4-11(13)9-17/h2-8,15,18H,1H3,(H,19,20). The van der Waals surface area contributed by atoms with Gasteiger partial charge in [0.1, 0.15) is 12.1 Å². The second kappa shape index (κ2) is 4.71. The number of rotatable bonds is 2. The summed E-state index contributed by atoms with van der Waals surface area (Å²) in [6.45, 7) is 1.99. The molecule has 3 rings (SSSR count). The Bertz CT molecular complexity index is 731. The van der Waals surface area contributed by atoms with E-state index in [1.165, 1.54) is 0 Å². The number of anilines is 2. The maximum atomic E-state index is 12.1. The molecular formula is C16H13N3O. The second-order valence-corrected chi connectivity index (χ2v) is 4.81. The molecule has 98 valence electrons. The summed E-state index contributed by atoms with van der Waals surface area (Å²) in [5.74, 6) is -0.0988. The van der Waals surface area contributed by atoms with Crippen molar-refractivity contribution < 1.29 is 4.79 Å². The molecule has 4 heteroatoms. The summed E-state index contributed by atoms with van der Waals surface area (Å²) >= 11 is 0. The van der Waals surface area contributed by atoms with Crippen molar-refractivity contribution in [3.8, 4) is 6.07 Å². The minimum atomic E-state index is -0.459. The Balaban J connectivity index is 1.98. The Hall–Kier alpha value is -2.80. The van der Waals surface area contributed by atoms with Crippen LogP contribution in [0, 0.1) is 18.3 Å². The zero-order valence-corrected chi connectivity index (χ0v) is 11.0. The lowest BCUT2D eigenvalue weighted by atomic mass is 10.0. The van der Waals surface area contributed by atoms with Crippen LogP contribution in [0.2, 0.25) is 0 Å². The van der Waals surface area contributed by atoms with Gasteiger partial charge in [-0.1, -0.05) is 29.8 Å². The van der Waals surface area contributed by atoms with E-state index in [-0.39, 0.29) is 5.91 Å². The van der Waals surface area contributed by atoms with Crippen LogP contribution in [0.25, 0.3) is 0 Å². The Morgan fingerprint density at radius 3 is 2.85 bits per heavy atom. The summed E-state index contributed by atoms with van der Waals surface area (Å²) in [5.41, 5.74) is 4.04. The lowest BCUT2D eigenvalue weighted by molar-refractivity contribution is -0.116. The van der Waals surface area contributed by atoms with E-state index in [0.717, 1.165) is 16.8 Å². The number of fused-ring (bicyclic) bond motifs is 1. The van der Waals surface area contributed by atoms with Gasteiger partial charge in [0.25, 0.3) is 5.91 Å². The number of nitrogens with one attached hydrogen (secondary N) is 2. The maximum absolute atomic E-state index is 12.1. The zero-order chi connectivity index (χ0) is 14.1. The third-order valence-corrected chi connectivity index (χ3v) is 3.39. The lowest BCUT2D eigenvalue weighted by Gasteiger charge is -2.14. The van der Waals surface area contributed by atoms with Crippen molar-refractivity contribution >= 4 is 17.3 Å². The van der Waals surface area contributed by atoms with Gasteiger partial charge in [0.05, 0.1) is 11.3 Å². The molecule has 2 aromatic carbocycles. The zero-order valence-electron chi connectivity index (χ0n) is 11.0. The SMILES string of the molecule is Cc1ccc2c(c1)C(Nc1ccccc1C#N)C(=O)N2. The highest BCUT2D eigenvalue weighted by atomic mass is 16.2. The molecule has 0 radical (unpaired) electrons. The number of carbonyl (C=O) groups excluding carboxylic acids is 1. The fourth-order valence-corrected chi connectivity index (χ4v) is 2.39. The van der Waals surface area contributed by atoms with E-state index in [4.69, 9.17) is 5.26 Å². The van der Waals surface area contributed by atoms with Gasteiger partial charge in [0.2, 0.25) is 0 Å². The first kappa shape index (κ1) is 12.2. The quantitative estimate of drug-likeness (QED) is 0.875. The molecule has 0 aromatic heterocycles. The van der Waals surface area contributed by atoms with Gasteiger partial charge in [0.15, 0.2) is 0 Å². The predicted molar refractivity (Wildman–Crippen MR) is 77.3 cm³/mol. The van der Waals surface area contributed by atoms with Crippen LogP contribution in [-0.2, 0) is 4.79 Å². The molecule has 2 aromatic rings. The molecule has 0 spiro atoms. The van der Waals surface area contributed by atoms with Crippen LogP contribution in [0.1, 0.15) is 22.7 Å². The molecule has 2 N–H and O–H groups in total. The third kappa shape index (κ3) is 1.99. The number of carbonyl (C=O) groups is 1. The Morgan fingerprint density at radius 1 is 1.25 bits per heavy atom. The van der Waals surface area contributed by atoms with Gasteiger partial charge in [-0.15, -0.1) is 0 Å². The molecule has 20 heavy (non-hydrogen) atoms. The number of benzene rings is 2. The number of hydrogen-bond donors (Lipinski definition) is 2. The first-order valence-corrected chi connectivity index (χ1v) is 6.36. The van der Waals surface area contributed by atoms with Gasteiger partial charge in [-0.2, -0.15) is 5.26 Å². The number of hydrogen-bond acceptors (Lipinski definition) is 3. The van der Waals surface area contributed by atoms with Crippen LogP contribution in [0.3, 0.4) is 0 Å². The number of aryl methyl sites for hydroxylation is 1. The molecule has 1 heterocycles. The van der Waals surface area contributed by atoms with Crippen LogP contribution in [0.5, 0.6) is 0 Å². The fraction of sp³-hybridized carbons (Fsp3) is 0.125. The first-order valence-electron chi connectivity index (χ1n) is 6.36. The van der Waals surface area contributed by atoms with Gasteiger partial charge >= 0.3 is 0 Å². The Morgan fingerprint density at radius 2 is 2.05 bits per heavy atom. The summed E-state index contributed by atoms with van der Waals surface area (Å²) in [4.78, 5) is 12.1. The largest absolute Gasteiger partial charge is 0.369 e. The molecule has 0 aliphatic carbocycles. The number of para-hydroxylation sites is 1. The van der Waals surface area contributed by atoms with E-state index < -0.39 is 6.04 Å². The molecule has 4 nitrogen and oxygen atoms in total. The highest BCUT2D eigenvalue weighted by Crippen LogP contribution is 2.34. The van der Waals surface area contributed by atoms with Crippen molar-refractivity contribution in [1.82, 2.24) is 0 Å². The molecule has 1 aliphatic rings. The van der Waals surface area contributed by atoms with E-state index in [9.17, 15) is 4.79 Å². The van der Waals surface area contributed by atoms with Crippen molar-refractivity contribution in [2.75, 3.05) is 10.6 Å². The Labute approximate surface area is 117 Å². The normalized spacial score (nSPS) is 16.2. The monoisotopic (exact) mass is 263 g/mol.